The van der Waals surface area contributed by atoms with Crippen molar-refractivity contribution in [3.63, 3.8) is 0 Å². The van der Waals surface area contributed by atoms with Crippen LogP contribution < -0.4 is 15.0 Å². The lowest BCUT2D eigenvalue weighted by Gasteiger charge is -2.21. The highest BCUT2D eigenvalue weighted by atomic mass is 35.5. The Bertz CT molecular complexity index is 1070. The maximum Gasteiger partial charge on any atom is 0.258 e. The van der Waals surface area contributed by atoms with Gasteiger partial charge in [0, 0.05) is 34.9 Å². The van der Waals surface area contributed by atoms with E-state index in [1.165, 1.54) is 0 Å². The number of rotatable bonds is 9. The SMILES string of the molecule is CCN(C(=O)c1cccc(NC(=O)CCCOc2ccc(Cl)cc2Cl)c1)c1ccccc1. The van der Waals surface area contributed by atoms with Gasteiger partial charge in [-0.05, 0) is 61.9 Å². The summed E-state index contributed by atoms with van der Waals surface area (Å²) in [6, 6.07) is 21.4. The van der Waals surface area contributed by atoms with Gasteiger partial charge in [-0.1, -0.05) is 47.5 Å². The first-order valence-electron chi connectivity index (χ1n) is 10.3. The van der Waals surface area contributed by atoms with Crippen molar-refractivity contribution in [3.8, 4) is 5.75 Å². The summed E-state index contributed by atoms with van der Waals surface area (Å²) >= 11 is 11.9. The lowest BCUT2D eigenvalue weighted by atomic mass is 10.1. The molecule has 0 bridgehead atoms. The molecule has 0 saturated carbocycles. The van der Waals surface area contributed by atoms with Crippen LogP contribution in [-0.4, -0.2) is 25.0 Å². The smallest absolute Gasteiger partial charge is 0.258 e. The van der Waals surface area contributed by atoms with E-state index in [9.17, 15) is 9.59 Å². The molecular weight excluding hydrogens is 447 g/mol. The van der Waals surface area contributed by atoms with Crippen molar-refractivity contribution in [2.24, 2.45) is 0 Å². The topological polar surface area (TPSA) is 58.6 Å². The molecule has 0 aliphatic carbocycles. The zero-order valence-electron chi connectivity index (χ0n) is 17.7. The Balaban J connectivity index is 1.53. The van der Waals surface area contributed by atoms with Gasteiger partial charge in [0.05, 0.1) is 11.6 Å². The Hall–Kier alpha value is -3.02. The molecule has 3 aromatic rings. The van der Waals surface area contributed by atoms with Gasteiger partial charge in [-0.3, -0.25) is 9.59 Å². The molecule has 0 radical (unpaired) electrons. The summed E-state index contributed by atoms with van der Waals surface area (Å²) in [6.07, 6.45) is 0.787. The molecule has 0 aromatic heterocycles. The molecule has 1 N–H and O–H groups in total. The van der Waals surface area contributed by atoms with E-state index in [1.807, 2.05) is 37.3 Å². The van der Waals surface area contributed by atoms with Crippen molar-refractivity contribution in [2.45, 2.75) is 19.8 Å². The molecular formula is C25H24Cl2N2O3. The molecule has 0 atom stereocenters. The number of anilines is 2. The van der Waals surface area contributed by atoms with E-state index in [1.54, 1.807) is 47.4 Å². The van der Waals surface area contributed by atoms with Crippen molar-refractivity contribution in [1.82, 2.24) is 0 Å². The van der Waals surface area contributed by atoms with Crippen LogP contribution >= 0.6 is 23.2 Å². The number of hydrogen-bond donors (Lipinski definition) is 1. The first-order chi connectivity index (χ1) is 15.5. The van der Waals surface area contributed by atoms with E-state index in [4.69, 9.17) is 27.9 Å². The van der Waals surface area contributed by atoms with Crippen molar-refractivity contribution >= 4 is 46.4 Å². The number of hydrogen-bond acceptors (Lipinski definition) is 3. The predicted molar refractivity (Wildman–Crippen MR) is 130 cm³/mol. The van der Waals surface area contributed by atoms with Gasteiger partial charge >= 0.3 is 0 Å². The minimum Gasteiger partial charge on any atom is -0.492 e. The number of nitrogens with one attached hydrogen (secondary N) is 1. The summed E-state index contributed by atoms with van der Waals surface area (Å²) in [5.41, 5.74) is 1.91. The van der Waals surface area contributed by atoms with Crippen molar-refractivity contribution in [1.29, 1.82) is 0 Å². The number of ether oxygens (including phenoxy) is 1. The summed E-state index contributed by atoms with van der Waals surface area (Å²) < 4.78 is 5.60. The van der Waals surface area contributed by atoms with Crippen LogP contribution in [0.15, 0.2) is 72.8 Å². The molecule has 0 saturated heterocycles. The van der Waals surface area contributed by atoms with Gasteiger partial charge in [0.2, 0.25) is 5.91 Å². The lowest BCUT2D eigenvalue weighted by molar-refractivity contribution is -0.116. The summed E-state index contributed by atoms with van der Waals surface area (Å²) in [7, 11) is 0. The second-order valence-electron chi connectivity index (χ2n) is 7.04. The first-order valence-corrected chi connectivity index (χ1v) is 11.1. The fourth-order valence-corrected chi connectivity index (χ4v) is 3.63. The summed E-state index contributed by atoms with van der Waals surface area (Å²) in [5, 5.41) is 3.81. The Morgan fingerprint density at radius 3 is 2.47 bits per heavy atom. The minimum atomic E-state index is -0.157. The Kier molecular flexibility index (Phi) is 8.54. The number of carbonyl (C=O) groups excluding carboxylic acids is 2. The third-order valence-corrected chi connectivity index (χ3v) is 5.25. The number of benzene rings is 3. The van der Waals surface area contributed by atoms with Crippen LogP contribution in [0.4, 0.5) is 11.4 Å². The highest BCUT2D eigenvalue weighted by Crippen LogP contribution is 2.27. The van der Waals surface area contributed by atoms with Gasteiger partial charge in [0.25, 0.3) is 5.91 Å². The van der Waals surface area contributed by atoms with E-state index in [0.29, 0.717) is 46.6 Å². The van der Waals surface area contributed by atoms with Gasteiger partial charge in [-0.15, -0.1) is 0 Å². The molecule has 32 heavy (non-hydrogen) atoms. The van der Waals surface area contributed by atoms with E-state index in [-0.39, 0.29) is 18.2 Å². The molecule has 0 spiro atoms. The normalized spacial score (nSPS) is 10.5. The molecule has 0 aliphatic rings. The largest absolute Gasteiger partial charge is 0.492 e. The number of nitrogens with zero attached hydrogens (tertiary/aromatic N) is 1. The predicted octanol–water partition coefficient (Wildman–Crippen LogP) is 6.46. The molecule has 0 unspecified atom stereocenters. The molecule has 166 valence electrons. The third-order valence-electron chi connectivity index (χ3n) is 4.72. The fourth-order valence-electron chi connectivity index (χ4n) is 3.17. The molecule has 2 amide bonds. The van der Waals surface area contributed by atoms with Gasteiger partial charge in [-0.2, -0.15) is 0 Å². The second kappa shape index (κ2) is 11.6. The van der Waals surface area contributed by atoms with Crippen LogP contribution in [0.2, 0.25) is 10.0 Å². The first kappa shape index (κ1) is 23.6. The summed E-state index contributed by atoms with van der Waals surface area (Å²) in [6.45, 7) is 2.81. The minimum absolute atomic E-state index is 0.122. The van der Waals surface area contributed by atoms with E-state index < -0.39 is 0 Å². The molecule has 0 aliphatic heterocycles. The third kappa shape index (κ3) is 6.49. The average Bonchev–Trinajstić information content (AvgIpc) is 2.79. The van der Waals surface area contributed by atoms with Crippen molar-refractivity contribution in [2.75, 3.05) is 23.4 Å². The highest BCUT2D eigenvalue weighted by Gasteiger charge is 2.16. The van der Waals surface area contributed by atoms with E-state index in [0.717, 1.165) is 5.69 Å². The van der Waals surface area contributed by atoms with Gasteiger partial charge in [-0.25, -0.2) is 0 Å². The summed E-state index contributed by atoms with van der Waals surface area (Å²) in [5.74, 6) is 0.250. The van der Waals surface area contributed by atoms with Crippen molar-refractivity contribution in [3.05, 3.63) is 88.4 Å². The Morgan fingerprint density at radius 2 is 1.75 bits per heavy atom. The number of carbonyl (C=O) groups is 2. The average molecular weight is 471 g/mol. The van der Waals surface area contributed by atoms with Crippen LogP contribution in [0.25, 0.3) is 0 Å². The Morgan fingerprint density at radius 1 is 0.969 bits per heavy atom. The van der Waals surface area contributed by atoms with Crippen LogP contribution in [0.3, 0.4) is 0 Å². The molecule has 3 aromatic carbocycles. The second-order valence-corrected chi connectivity index (χ2v) is 7.88. The van der Waals surface area contributed by atoms with Crippen LogP contribution in [0.5, 0.6) is 5.75 Å². The van der Waals surface area contributed by atoms with Gasteiger partial charge in [0.1, 0.15) is 5.75 Å². The molecule has 3 rings (SSSR count). The Labute approximate surface area is 197 Å². The van der Waals surface area contributed by atoms with E-state index in [2.05, 4.69) is 5.32 Å². The monoisotopic (exact) mass is 470 g/mol. The zero-order valence-corrected chi connectivity index (χ0v) is 19.2. The van der Waals surface area contributed by atoms with Gasteiger partial charge in [0.15, 0.2) is 0 Å². The molecule has 7 heteroatoms. The zero-order chi connectivity index (χ0) is 22.9. The molecule has 5 nitrogen and oxygen atoms in total. The van der Waals surface area contributed by atoms with Crippen LogP contribution in [-0.2, 0) is 4.79 Å². The van der Waals surface area contributed by atoms with Crippen molar-refractivity contribution < 1.29 is 14.3 Å². The standard InChI is InChI=1S/C25H24Cl2N2O3/c1-2-29(21-10-4-3-5-11-21)25(31)18-8-6-9-20(16-18)28-24(30)12-7-15-32-23-14-13-19(26)17-22(23)27/h3-6,8-11,13-14,16-17H,2,7,12,15H2,1H3,(H,28,30). The van der Waals surface area contributed by atoms with Gasteiger partial charge < -0.3 is 15.0 Å². The maximum atomic E-state index is 13.0. The highest BCUT2D eigenvalue weighted by molar-refractivity contribution is 6.35. The quantitative estimate of drug-likeness (QED) is 0.365. The number of halogens is 2. The number of amides is 2. The fraction of sp³-hybridized carbons (Fsp3) is 0.200. The maximum absolute atomic E-state index is 13.0. The van der Waals surface area contributed by atoms with Crippen LogP contribution in [0, 0.1) is 0 Å². The van der Waals surface area contributed by atoms with E-state index >= 15 is 0 Å². The molecule has 0 fully saturated rings. The van der Waals surface area contributed by atoms with Crippen LogP contribution in [0.1, 0.15) is 30.1 Å². The summed E-state index contributed by atoms with van der Waals surface area (Å²) in [4.78, 5) is 27.0. The molecule has 0 heterocycles. The lowest BCUT2D eigenvalue weighted by Crippen LogP contribution is -2.30. The number of para-hydroxylation sites is 1.